The molecule has 0 aliphatic rings. The quantitative estimate of drug-likeness (QED) is 0.710. The summed E-state index contributed by atoms with van der Waals surface area (Å²) < 4.78 is 6.78. The first-order chi connectivity index (χ1) is 8.76. The van der Waals surface area contributed by atoms with Crippen molar-refractivity contribution in [2.75, 3.05) is 7.11 Å². The molecule has 0 unspecified atom stereocenters. The first kappa shape index (κ1) is 11.0. The lowest BCUT2D eigenvalue weighted by atomic mass is 10.2. The van der Waals surface area contributed by atoms with E-state index in [0.717, 1.165) is 17.0 Å². The molecule has 2 aromatic heterocycles. The first-order valence-electron chi connectivity index (χ1n) is 5.42. The van der Waals surface area contributed by atoms with E-state index < -0.39 is 0 Å². The van der Waals surface area contributed by atoms with Crippen LogP contribution in [-0.2, 0) is 0 Å². The standard InChI is InChI=1S/C13H10ClN3O/c1-18-11-5-2-9(3-6-11)13-15-12-7-4-10(14)8-17(12)16-13/h2-8H,1H3. The Hall–Kier alpha value is -2.07. The van der Waals surface area contributed by atoms with Gasteiger partial charge in [-0.2, -0.15) is 0 Å². The highest BCUT2D eigenvalue weighted by Crippen LogP contribution is 2.20. The van der Waals surface area contributed by atoms with Crippen LogP contribution in [0, 0.1) is 0 Å². The number of methoxy groups -OCH3 is 1. The van der Waals surface area contributed by atoms with Crippen molar-refractivity contribution in [1.29, 1.82) is 0 Å². The minimum Gasteiger partial charge on any atom is -0.497 e. The van der Waals surface area contributed by atoms with E-state index >= 15 is 0 Å². The minimum absolute atomic E-state index is 0.633. The van der Waals surface area contributed by atoms with Crippen LogP contribution in [0.1, 0.15) is 0 Å². The summed E-state index contributed by atoms with van der Waals surface area (Å²) in [6.45, 7) is 0. The predicted octanol–water partition coefficient (Wildman–Crippen LogP) is 3.06. The number of halogens is 1. The largest absolute Gasteiger partial charge is 0.497 e. The summed E-state index contributed by atoms with van der Waals surface area (Å²) in [5.41, 5.74) is 1.71. The van der Waals surface area contributed by atoms with Gasteiger partial charge in [0.15, 0.2) is 11.5 Å². The molecule has 3 rings (SSSR count). The minimum atomic E-state index is 0.633. The second kappa shape index (κ2) is 4.31. The number of rotatable bonds is 2. The van der Waals surface area contributed by atoms with Crippen LogP contribution < -0.4 is 4.74 Å². The van der Waals surface area contributed by atoms with Gasteiger partial charge in [-0.05, 0) is 36.4 Å². The van der Waals surface area contributed by atoms with E-state index in [4.69, 9.17) is 16.3 Å². The Bertz CT molecular complexity index is 691. The van der Waals surface area contributed by atoms with Gasteiger partial charge in [0, 0.05) is 11.8 Å². The zero-order valence-electron chi connectivity index (χ0n) is 9.67. The molecular weight excluding hydrogens is 250 g/mol. The molecule has 0 atom stereocenters. The van der Waals surface area contributed by atoms with Crippen molar-refractivity contribution >= 4 is 17.2 Å². The van der Waals surface area contributed by atoms with Gasteiger partial charge in [0.1, 0.15) is 5.75 Å². The molecule has 4 nitrogen and oxygen atoms in total. The summed E-state index contributed by atoms with van der Waals surface area (Å²) in [4.78, 5) is 4.43. The molecule has 0 fully saturated rings. The lowest BCUT2D eigenvalue weighted by Crippen LogP contribution is -1.86. The van der Waals surface area contributed by atoms with Gasteiger partial charge in [-0.1, -0.05) is 11.6 Å². The smallest absolute Gasteiger partial charge is 0.182 e. The number of pyridine rings is 1. The fourth-order valence-corrected chi connectivity index (χ4v) is 1.88. The molecule has 2 heterocycles. The fraction of sp³-hybridized carbons (Fsp3) is 0.0769. The molecule has 0 aliphatic carbocycles. The van der Waals surface area contributed by atoms with E-state index in [-0.39, 0.29) is 0 Å². The van der Waals surface area contributed by atoms with Crippen LogP contribution in [-0.4, -0.2) is 21.7 Å². The number of ether oxygens (including phenoxy) is 1. The van der Waals surface area contributed by atoms with E-state index in [2.05, 4.69) is 10.1 Å². The molecule has 90 valence electrons. The highest BCUT2D eigenvalue weighted by molar-refractivity contribution is 6.30. The Labute approximate surface area is 109 Å². The third kappa shape index (κ3) is 1.91. The van der Waals surface area contributed by atoms with Gasteiger partial charge in [0.2, 0.25) is 0 Å². The molecule has 0 amide bonds. The van der Waals surface area contributed by atoms with Crippen molar-refractivity contribution in [3.05, 3.63) is 47.6 Å². The lowest BCUT2D eigenvalue weighted by molar-refractivity contribution is 0.415. The molecule has 0 saturated heterocycles. The molecule has 1 aromatic carbocycles. The monoisotopic (exact) mass is 259 g/mol. The van der Waals surface area contributed by atoms with Crippen molar-refractivity contribution in [3.63, 3.8) is 0 Å². The molecule has 18 heavy (non-hydrogen) atoms. The second-order valence-corrected chi connectivity index (χ2v) is 4.25. The van der Waals surface area contributed by atoms with E-state index in [0.29, 0.717) is 10.8 Å². The van der Waals surface area contributed by atoms with E-state index in [1.165, 1.54) is 0 Å². The van der Waals surface area contributed by atoms with Crippen LogP contribution in [0.3, 0.4) is 0 Å². The van der Waals surface area contributed by atoms with Crippen LogP contribution in [0.5, 0.6) is 5.75 Å². The van der Waals surface area contributed by atoms with Crippen LogP contribution in [0.2, 0.25) is 5.02 Å². The van der Waals surface area contributed by atoms with Crippen LogP contribution in [0.25, 0.3) is 17.0 Å². The van der Waals surface area contributed by atoms with E-state index in [1.54, 1.807) is 23.9 Å². The summed E-state index contributed by atoms with van der Waals surface area (Å²) in [7, 11) is 1.64. The van der Waals surface area contributed by atoms with Gasteiger partial charge in [0.05, 0.1) is 12.1 Å². The van der Waals surface area contributed by atoms with E-state index in [9.17, 15) is 0 Å². The average Bonchev–Trinajstić information content (AvgIpc) is 2.81. The maximum absolute atomic E-state index is 5.91. The van der Waals surface area contributed by atoms with Crippen molar-refractivity contribution in [3.8, 4) is 17.1 Å². The van der Waals surface area contributed by atoms with Gasteiger partial charge in [0.25, 0.3) is 0 Å². The Kier molecular flexibility index (Phi) is 2.64. The number of aromatic nitrogens is 3. The van der Waals surface area contributed by atoms with Crippen molar-refractivity contribution in [1.82, 2.24) is 14.6 Å². The van der Waals surface area contributed by atoms with Gasteiger partial charge in [-0.15, -0.1) is 5.10 Å². The van der Waals surface area contributed by atoms with Crippen LogP contribution in [0.4, 0.5) is 0 Å². The molecule has 0 bridgehead atoms. The van der Waals surface area contributed by atoms with Gasteiger partial charge < -0.3 is 4.74 Å². The third-order valence-corrected chi connectivity index (χ3v) is 2.87. The Morgan fingerprint density at radius 2 is 1.89 bits per heavy atom. The normalized spacial score (nSPS) is 10.8. The highest BCUT2D eigenvalue weighted by atomic mass is 35.5. The molecule has 3 aromatic rings. The average molecular weight is 260 g/mol. The van der Waals surface area contributed by atoms with Crippen molar-refractivity contribution < 1.29 is 4.74 Å². The van der Waals surface area contributed by atoms with Gasteiger partial charge in [-0.25, -0.2) is 9.50 Å². The second-order valence-electron chi connectivity index (χ2n) is 3.81. The van der Waals surface area contributed by atoms with Gasteiger partial charge >= 0.3 is 0 Å². The van der Waals surface area contributed by atoms with Crippen molar-refractivity contribution in [2.45, 2.75) is 0 Å². The molecular formula is C13H10ClN3O. The third-order valence-electron chi connectivity index (χ3n) is 2.64. The number of hydrogen-bond acceptors (Lipinski definition) is 3. The number of nitrogens with zero attached hydrogens (tertiary/aromatic N) is 3. The molecule has 0 spiro atoms. The SMILES string of the molecule is COc1ccc(-c2nc3ccc(Cl)cn3n2)cc1. The van der Waals surface area contributed by atoms with Crippen LogP contribution >= 0.6 is 11.6 Å². The van der Waals surface area contributed by atoms with E-state index in [1.807, 2.05) is 30.3 Å². The Balaban J connectivity index is 2.07. The number of benzene rings is 1. The van der Waals surface area contributed by atoms with Crippen molar-refractivity contribution in [2.24, 2.45) is 0 Å². The Morgan fingerprint density at radius 3 is 2.61 bits per heavy atom. The van der Waals surface area contributed by atoms with Crippen LogP contribution in [0.15, 0.2) is 42.6 Å². The zero-order chi connectivity index (χ0) is 12.5. The maximum Gasteiger partial charge on any atom is 0.182 e. The maximum atomic E-state index is 5.91. The summed E-state index contributed by atoms with van der Waals surface area (Å²) in [5.74, 6) is 1.48. The topological polar surface area (TPSA) is 39.4 Å². The highest BCUT2D eigenvalue weighted by Gasteiger charge is 2.06. The lowest BCUT2D eigenvalue weighted by Gasteiger charge is -1.99. The summed E-state index contributed by atoms with van der Waals surface area (Å²) in [6.07, 6.45) is 1.73. The molecule has 0 aliphatic heterocycles. The molecule has 5 heteroatoms. The molecule has 0 radical (unpaired) electrons. The van der Waals surface area contributed by atoms with Gasteiger partial charge in [-0.3, -0.25) is 0 Å². The molecule has 0 N–H and O–H groups in total. The predicted molar refractivity (Wildman–Crippen MR) is 70.0 cm³/mol. The summed E-state index contributed by atoms with van der Waals surface area (Å²) in [5, 5.41) is 5.01. The fourth-order valence-electron chi connectivity index (χ4n) is 1.72. The zero-order valence-corrected chi connectivity index (χ0v) is 10.4. The Morgan fingerprint density at radius 1 is 1.11 bits per heavy atom. The summed E-state index contributed by atoms with van der Waals surface area (Å²) >= 11 is 5.91. The summed E-state index contributed by atoms with van der Waals surface area (Å²) in [6, 6.07) is 11.2. The first-order valence-corrected chi connectivity index (χ1v) is 5.80. The number of fused-ring (bicyclic) bond motifs is 1. The molecule has 0 saturated carbocycles. The number of hydrogen-bond donors (Lipinski definition) is 0.